The summed E-state index contributed by atoms with van der Waals surface area (Å²) in [5.41, 5.74) is 8.73. The van der Waals surface area contributed by atoms with Crippen LogP contribution in [0.25, 0.3) is 10.8 Å². The lowest BCUT2D eigenvalue weighted by Gasteiger charge is -2.46. The molecule has 0 radical (unpaired) electrons. The molecule has 0 aliphatic heterocycles. The van der Waals surface area contributed by atoms with Crippen molar-refractivity contribution < 1.29 is 14.3 Å². The molecule has 1 aliphatic rings. The highest BCUT2D eigenvalue weighted by molar-refractivity contribution is 5.85. The second-order valence-corrected chi connectivity index (χ2v) is 10.7. The monoisotopic (exact) mass is 490 g/mol. The fourth-order valence-electron chi connectivity index (χ4n) is 5.54. The first kappa shape index (κ1) is 25.9. The van der Waals surface area contributed by atoms with Gasteiger partial charge >= 0.3 is 6.09 Å². The van der Waals surface area contributed by atoms with Gasteiger partial charge in [0, 0.05) is 30.4 Å². The first-order valence-corrected chi connectivity index (χ1v) is 12.8. The van der Waals surface area contributed by atoms with Crippen LogP contribution in [0.5, 0.6) is 5.75 Å². The summed E-state index contributed by atoms with van der Waals surface area (Å²) in [5.74, 6) is 0.837. The predicted molar refractivity (Wildman–Crippen MR) is 142 cm³/mol. The van der Waals surface area contributed by atoms with E-state index < -0.39 is 6.09 Å². The van der Waals surface area contributed by atoms with Crippen molar-refractivity contribution in [3.63, 3.8) is 0 Å². The van der Waals surface area contributed by atoms with E-state index in [2.05, 4.69) is 43.9 Å². The van der Waals surface area contributed by atoms with Gasteiger partial charge in [0.2, 0.25) is 0 Å². The molecule has 192 valence electrons. The molecule has 7 heteroatoms. The van der Waals surface area contributed by atoms with Gasteiger partial charge in [-0.3, -0.25) is 14.9 Å². The number of hydrogen-bond donors (Lipinski definition) is 1. The highest BCUT2D eigenvalue weighted by atomic mass is 16.5. The Kier molecular flexibility index (Phi) is 8.09. The highest BCUT2D eigenvalue weighted by Gasteiger charge is 2.37. The Morgan fingerprint density at radius 3 is 2.78 bits per heavy atom. The number of amides is 1. The Labute approximate surface area is 214 Å². The number of benzene rings is 1. The molecule has 1 aromatic carbocycles. The van der Waals surface area contributed by atoms with Crippen LogP contribution in [0.2, 0.25) is 0 Å². The number of fused-ring (bicyclic) bond motifs is 2. The minimum atomic E-state index is -0.722. The van der Waals surface area contributed by atoms with Gasteiger partial charge < -0.3 is 15.2 Å². The van der Waals surface area contributed by atoms with Gasteiger partial charge in [-0.25, -0.2) is 4.79 Å². The van der Waals surface area contributed by atoms with E-state index >= 15 is 0 Å². The molecular formula is C29H38N4O3. The maximum Gasteiger partial charge on any atom is 0.404 e. The molecule has 2 aromatic heterocycles. The molecule has 0 saturated carbocycles. The summed E-state index contributed by atoms with van der Waals surface area (Å²) < 4.78 is 10.5. The van der Waals surface area contributed by atoms with Gasteiger partial charge in [0.25, 0.3) is 0 Å². The van der Waals surface area contributed by atoms with Crippen LogP contribution < -0.4 is 10.5 Å². The molecule has 3 aromatic rings. The third-order valence-electron chi connectivity index (χ3n) is 7.22. The van der Waals surface area contributed by atoms with Crippen LogP contribution in [0.4, 0.5) is 4.79 Å². The fraction of sp³-hybridized carbons (Fsp3) is 0.483. The quantitative estimate of drug-likeness (QED) is 0.381. The van der Waals surface area contributed by atoms with Crippen LogP contribution in [-0.4, -0.2) is 40.7 Å². The molecule has 1 aliphatic carbocycles. The Morgan fingerprint density at radius 2 is 2.03 bits per heavy atom. The number of nitrogens with zero attached hydrogens (tertiary/aromatic N) is 3. The lowest BCUT2D eigenvalue weighted by Crippen LogP contribution is -2.47. The maximum atomic E-state index is 11.1. The van der Waals surface area contributed by atoms with E-state index in [0.29, 0.717) is 13.2 Å². The molecule has 2 N–H and O–H groups in total. The van der Waals surface area contributed by atoms with Crippen LogP contribution in [0.1, 0.15) is 69.4 Å². The molecule has 1 amide bonds. The number of hydrogen-bond acceptors (Lipinski definition) is 6. The van der Waals surface area contributed by atoms with Crippen molar-refractivity contribution in [2.45, 2.75) is 71.5 Å². The van der Waals surface area contributed by atoms with E-state index in [9.17, 15) is 4.79 Å². The van der Waals surface area contributed by atoms with Crippen molar-refractivity contribution in [1.82, 2.24) is 14.9 Å². The summed E-state index contributed by atoms with van der Waals surface area (Å²) in [7, 11) is 1.69. The van der Waals surface area contributed by atoms with Gasteiger partial charge in [0.15, 0.2) is 0 Å². The Bertz CT molecular complexity index is 1190. The zero-order valence-electron chi connectivity index (χ0n) is 21.9. The van der Waals surface area contributed by atoms with Crippen molar-refractivity contribution in [2.24, 2.45) is 11.1 Å². The summed E-state index contributed by atoms with van der Waals surface area (Å²) in [6.45, 7) is 7.86. The zero-order chi connectivity index (χ0) is 25.7. The third kappa shape index (κ3) is 5.95. The normalized spacial score (nSPS) is 16.5. The predicted octanol–water partition coefficient (Wildman–Crippen LogP) is 5.81. The summed E-state index contributed by atoms with van der Waals surface area (Å²) in [5, 5.41) is 2.24. The number of pyridine rings is 2. The lowest BCUT2D eigenvalue weighted by atomic mass is 9.80. The zero-order valence-corrected chi connectivity index (χ0v) is 21.9. The molecule has 4 rings (SSSR count). The smallest absolute Gasteiger partial charge is 0.404 e. The van der Waals surface area contributed by atoms with Gasteiger partial charge in [0.05, 0.1) is 31.1 Å². The van der Waals surface area contributed by atoms with Gasteiger partial charge in [0.1, 0.15) is 5.75 Å². The number of rotatable bonds is 9. The number of nitrogens with two attached hydrogens (primary N) is 1. The van der Waals surface area contributed by atoms with Crippen molar-refractivity contribution in [1.29, 1.82) is 0 Å². The molecule has 0 bridgehead atoms. The molecule has 2 unspecified atom stereocenters. The first-order valence-electron chi connectivity index (χ1n) is 12.8. The molecule has 7 nitrogen and oxygen atoms in total. The van der Waals surface area contributed by atoms with Crippen molar-refractivity contribution >= 4 is 16.9 Å². The number of aromatic nitrogens is 2. The number of carbonyl (C=O) groups is 1. The van der Waals surface area contributed by atoms with Crippen molar-refractivity contribution in [2.75, 3.05) is 13.7 Å². The average molecular weight is 491 g/mol. The van der Waals surface area contributed by atoms with E-state index in [1.165, 1.54) is 11.3 Å². The number of carbonyl (C=O) groups excluding carboxylic acids is 1. The first-order chi connectivity index (χ1) is 17.3. The standard InChI is InChI=1S/C29H38N4O3/c1-29(2,3)26(11-7-17-36-28(30)34)33(25-10-5-8-20-9-6-15-32-27(20)25)19-24-23-13-12-22(35-4)18-21(23)14-16-31-24/h6,9,12-16,18,25-26H,5,7-8,10-11,17,19H2,1-4H3,(H2,30,34). The van der Waals surface area contributed by atoms with Crippen LogP contribution >= 0.6 is 0 Å². The molecule has 0 fully saturated rings. The second-order valence-electron chi connectivity index (χ2n) is 10.7. The number of primary amides is 1. The highest BCUT2D eigenvalue weighted by Crippen LogP contribution is 2.41. The minimum Gasteiger partial charge on any atom is -0.497 e. The Balaban J connectivity index is 1.74. The largest absolute Gasteiger partial charge is 0.497 e. The van der Waals surface area contributed by atoms with Crippen molar-refractivity contribution in [3.05, 3.63) is 65.7 Å². The number of methoxy groups -OCH3 is 1. The molecule has 2 heterocycles. The maximum absolute atomic E-state index is 11.1. The molecule has 0 saturated heterocycles. The number of aryl methyl sites for hydroxylation is 1. The molecule has 36 heavy (non-hydrogen) atoms. The molecular weight excluding hydrogens is 452 g/mol. The summed E-state index contributed by atoms with van der Waals surface area (Å²) in [6.07, 6.45) is 7.91. The Morgan fingerprint density at radius 1 is 1.19 bits per heavy atom. The summed E-state index contributed by atoms with van der Waals surface area (Å²) in [4.78, 5) is 23.4. The van der Waals surface area contributed by atoms with Gasteiger partial charge in [-0.2, -0.15) is 0 Å². The van der Waals surface area contributed by atoms with Gasteiger partial charge in [-0.15, -0.1) is 0 Å². The summed E-state index contributed by atoms with van der Waals surface area (Å²) in [6, 6.07) is 12.8. The number of ether oxygens (including phenoxy) is 2. The van der Waals surface area contributed by atoms with Gasteiger partial charge in [-0.1, -0.05) is 26.8 Å². The third-order valence-corrected chi connectivity index (χ3v) is 7.22. The van der Waals surface area contributed by atoms with E-state index in [0.717, 1.165) is 54.3 Å². The second kappa shape index (κ2) is 11.2. The van der Waals surface area contributed by atoms with Crippen LogP contribution in [0, 0.1) is 5.41 Å². The van der Waals surface area contributed by atoms with Crippen LogP contribution in [-0.2, 0) is 17.7 Å². The van der Waals surface area contributed by atoms with E-state index in [4.69, 9.17) is 25.2 Å². The minimum absolute atomic E-state index is 0.0209. The SMILES string of the molecule is COc1ccc2c(CN(C3CCCc4cccnc43)C(CCCOC(N)=O)C(C)(C)C)nccc2c1. The van der Waals surface area contributed by atoms with E-state index in [1.807, 2.05) is 30.6 Å². The lowest BCUT2D eigenvalue weighted by molar-refractivity contribution is 0.0290. The molecule has 2 atom stereocenters. The van der Waals surface area contributed by atoms with Crippen LogP contribution in [0.3, 0.4) is 0 Å². The fourth-order valence-corrected chi connectivity index (χ4v) is 5.54. The van der Waals surface area contributed by atoms with Gasteiger partial charge in [-0.05, 0) is 78.8 Å². The van der Waals surface area contributed by atoms with E-state index in [1.54, 1.807) is 7.11 Å². The average Bonchev–Trinajstić information content (AvgIpc) is 2.86. The van der Waals surface area contributed by atoms with Crippen LogP contribution in [0.15, 0.2) is 48.8 Å². The summed E-state index contributed by atoms with van der Waals surface area (Å²) >= 11 is 0. The van der Waals surface area contributed by atoms with E-state index in [-0.39, 0.29) is 17.5 Å². The van der Waals surface area contributed by atoms with Crippen molar-refractivity contribution in [3.8, 4) is 5.75 Å². The Hall–Kier alpha value is -3.19. The molecule has 0 spiro atoms. The topological polar surface area (TPSA) is 90.6 Å².